The Morgan fingerprint density at radius 3 is 2.47 bits per heavy atom. The largest absolute Gasteiger partial charge is 0.381 e. The van der Waals surface area contributed by atoms with Gasteiger partial charge in [0.2, 0.25) is 15.9 Å². The quantitative estimate of drug-likeness (QED) is 0.669. The Bertz CT molecular complexity index is 971. The van der Waals surface area contributed by atoms with Gasteiger partial charge >= 0.3 is 0 Å². The molecule has 1 aliphatic heterocycles. The fourth-order valence-corrected chi connectivity index (χ4v) is 4.45. The molecule has 8 heteroatoms. The second-order valence-corrected chi connectivity index (χ2v) is 9.42. The van der Waals surface area contributed by atoms with E-state index in [1.165, 1.54) is 31.3 Å². The third-order valence-corrected chi connectivity index (χ3v) is 7.08. The van der Waals surface area contributed by atoms with E-state index in [4.69, 9.17) is 4.74 Å². The molecule has 0 atom stereocenters. The summed E-state index contributed by atoms with van der Waals surface area (Å²) < 4.78 is 45.1. The van der Waals surface area contributed by atoms with Gasteiger partial charge in [-0.1, -0.05) is 24.3 Å². The van der Waals surface area contributed by atoms with E-state index < -0.39 is 10.0 Å². The monoisotopic (exact) mass is 434 g/mol. The van der Waals surface area contributed by atoms with Crippen molar-refractivity contribution in [2.75, 3.05) is 26.8 Å². The summed E-state index contributed by atoms with van der Waals surface area (Å²) in [6.07, 6.45) is 2.23. The molecule has 1 heterocycles. The Labute approximate surface area is 176 Å². The number of benzene rings is 2. The Morgan fingerprint density at radius 2 is 1.83 bits per heavy atom. The van der Waals surface area contributed by atoms with Crippen molar-refractivity contribution in [1.29, 1.82) is 0 Å². The van der Waals surface area contributed by atoms with Gasteiger partial charge in [-0.2, -0.15) is 0 Å². The Kier molecular flexibility index (Phi) is 7.23. The molecule has 0 aliphatic carbocycles. The zero-order chi connectivity index (χ0) is 21.6. The van der Waals surface area contributed by atoms with Crippen LogP contribution in [0.3, 0.4) is 0 Å². The number of halogens is 1. The molecular formula is C22H27FN2O4S. The van der Waals surface area contributed by atoms with E-state index in [0.29, 0.717) is 26.2 Å². The molecule has 6 nitrogen and oxygen atoms in total. The zero-order valence-electron chi connectivity index (χ0n) is 17.0. The topological polar surface area (TPSA) is 84.5 Å². The van der Waals surface area contributed by atoms with Crippen LogP contribution < -0.4 is 10.0 Å². The lowest BCUT2D eigenvalue weighted by atomic mass is 9.74. The van der Waals surface area contributed by atoms with Crippen molar-refractivity contribution in [3.63, 3.8) is 0 Å². The lowest BCUT2D eigenvalue weighted by Crippen LogP contribution is -2.44. The minimum Gasteiger partial charge on any atom is -0.381 e. The number of hydrogen-bond donors (Lipinski definition) is 2. The van der Waals surface area contributed by atoms with Crippen molar-refractivity contribution in [3.8, 4) is 0 Å². The lowest BCUT2D eigenvalue weighted by molar-refractivity contribution is -0.121. The molecule has 30 heavy (non-hydrogen) atoms. The van der Waals surface area contributed by atoms with Crippen LogP contribution in [0.4, 0.5) is 4.39 Å². The van der Waals surface area contributed by atoms with E-state index in [1.54, 1.807) is 18.2 Å². The summed E-state index contributed by atoms with van der Waals surface area (Å²) >= 11 is 0. The summed E-state index contributed by atoms with van der Waals surface area (Å²) in [6.45, 7) is 1.58. The minimum absolute atomic E-state index is 0.0933. The number of nitrogens with one attached hydrogen (secondary N) is 2. The molecule has 2 aromatic carbocycles. The maximum Gasteiger partial charge on any atom is 0.240 e. The van der Waals surface area contributed by atoms with E-state index in [2.05, 4.69) is 10.0 Å². The van der Waals surface area contributed by atoms with Crippen molar-refractivity contribution in [3.05, 3.63) is 65.5 Å². The SMILES string of the molecule is CNS(=O)(=O)c1ccc(CCC(=O)NCC2(c3cccc(F)c3)CCOCC2)cc1. The number of carbonyl (C=O) groups excluding carboxylic acids is 1. The zero-order valence-corrected chi connectivity index (χ0v) is 17.8. The van der Waals surface area contributed by atoms with Crippen LogP contribution in [0.1, 0.15) is 30.4 Å². The van der Waals surface area contributed by atoms with Crippen molar-refractivity contribution in [2.45, 2.75) is 36.0 Å². The first-order chi connectivity index (χ1) is 14.3. The molecule has 2 aromatic rings. The van der Waals surface area contributed by atoms with Crippen molar-refractivity contribution in [1.82, 2.24) is 10.0 Å². The summed E-state index contributed by atoms with van der Waals surface area (Å²) in [5, 5.41) is 3.00. The molecule has 1 amide bonds. The third-order valence-electron chi connectivity index (χ3n) is 5.65. The van der Waals surface area contributed by atoms with Crippen LogP contribution in [0, 0.1) is 5.82 Å². The van der Waals surface area contributed by atoms with Gasteiger partial charge in [0.15, 0.2) is 0 Å². The number of hydrogen-bond acceptors (Lipinski definition) is 4. The number of amides is 1. The molecule has 1 saturated heterocycles. The van der Waals surface area contributed by atoms with E-state index in [1.807, 2.05) is 6.07 Å². The average molecular weight is 435 g/mol. The van der Waals surface area contributed by atoms with E-state index in [9.17, 15) is 17.6 Å². The number of aryl methyl sites for hydroxylation is 1. The highest BCUT2D eigenvalue weighted by atomic mass is 32.2. The van der Waals surface area contributed by atoms with Gasteiger partial charge in [0, 0.05) is 31.6 Å². The van der Waals surface area contributed by atoms with Crippen LogP contribution >= 0.6 is 0 Å². The molecule has 1 fully saturated rings. The minimum atomic E-state index is -3.47. The van der Waals surface area contributed by atoms with Crippen molar-refractivity contribution < 1.29 is 22.3 Å². The van der Waals surface area contributed by atoms with Gasteiger partial charge in [-0.05, 0) is 61.7 Å². The number of ether oxygens (including phenoxy) is 1. The molecule has 162 valence electrons. The second kappa shape index (κ2) is 9.68. The molecule has 0 radical (unpaired) electrons. The highest BCUT2D eigenvalue weighted by molar-refractivity contribution is 7.89. The normalized spacial score (nSPS) is 16.2. The van der Waals surface area contributed by atoms with E-state index in [-0.39, 0.29) is 28.5 Å². The average Bonchev–Trinajstić information content (AvgIpc) is 2.77. The van der Waals surface area contributed by atoms with Gasteiger partial charge in [-0.3, -0.25) is 4.79 Å². The summed E-state index contributed by atoms with van der Waals surface area (Å²) in [6, 6.07) is 13.0. The summed E-state index contributed by atoms with van der Waals surface area (Å²) in [4.78, 5) is 12.6. The maximum absolute atomic E-state index is 13.8. The first-order valence-electron chi connectivity index (χ1n) is 9.98. The van der Waals surface area contributed by atoms with Crippen LogP contribution in [0.2, 0.25) is 0 Å². The van der Waals surface area contributed by atoms with Gasteiger partial charge in [-0.15, -0.1) is 0 Å². The molecule has 0 aromatic heterocycles. The molecule has 1 aliphatic rings. The summed E-state index contributed by atoms with van der Waals surface area (Å²) in [5.74, 6) is -0.377. The first kappa shape index (κ1) is 22.4. The highest BCUT2D eigenvalue weighted by Gasteiger charge is 2.35. The van der Waals surface area contributed by atoms with Crippen LogP contribution in [0.25, 0.3) is 0 Å². The molecule has 2 N–H and O–H groups in total. The lowest BCUT2D eigenvalue weighted by Gasteiger charge is -2.38. The first-order valence-corrected chi connectivity index (χ1v) is 11.5. The molecule has 3 rings (SSSR count). The molecular weight excluding hydrogens is 407 g/mol. The number of rotatable bonds is 8. The highest BCUT2D eigenvalue weighted by Crippen LogP contribution is 2.34. The molecule has 0 bridgehead atoms. The van der Waals surface area contributed by atoms with Crippen LogP contribution in [-0.2, 0) is 31.4 Å². The van der Waals surface area contributed by atoms with Gasteiger partial charge in [0.1, 0.15) is 5.82 Å². The van der Waals surface area contributed by atoms with Crippen molar-refractivity contribution >= 4 is 15.9 Å². The number of carbonyl (C=O) groups is 1. The Hall–Kier alpha value is -2.29. The van der Waals surface area contributed by atoms with Gasteiger partial charge in [0.05, 0.1) is 4.90 Å². The molecule has 0 saturated carbocycles. The molecule has 0 spiro atoms. The summed E-state index contributed by atoms with van der Waals surface area (Å²) in [7, 11) is -2.11. The van der Waals surface area contributed by atoms with Crippen LogP contribution in [0.15, 0.2) is 53.4 Å². The van der Waals surface area contributed by atoms with Gasteiger partial charge in [0.25, 0.3) is 0 Å². The predicted molar refractivity (Wildman–Crippen MR) is 112 cm³/mol. The third kappa shape index (κ3) is 5.44. The summed E-state index contributed by atoms with van der Waals surface area (Å²) in [5.41, 5.74) is 1.43. The standard InChI is InChI=1S/C22H27FN2O4S/c1-24-30(27,28)20-8-5-17(6-9-20)7-10-21(26)25-16-22(11-13-29-14-12-22)18-3-2-4-19(23)15-18/h2-6,8-9,15,24H,7,10-14,16H2,1H3,(H,25,26). The van der Waals surface area contributed by atoms with Crippen LogP contribution in [0.5, 0.6) is 0 Å². The fraction of sp³-hybridized carbons (Fsp3) is 0.409. The van der Waals surface area contributed by atoms with E-state index in [0.717, 1.165) is 24.0 Å². The van der Waals surface area contributed by atoms with E-state index >= 15 is 0 Å². The number of sulfonamides is 1. The molecule has 0 unspecified atom stereocenters. The Morgan fingerprint density at radius 1 is 1.13 bits per heavy atom. The Balaban J connectivity index is 1.58. The van der Waals surface area contributed by atoms with Crippen molar-refractivity contribution in [2.24, 2.45) is 0 Å². The smallest absolute Gasteiger partial charge is 0.240 e. The second-order valence-electron chi connectivity index (χ2n) is 7.53. The maximum atomic E-state index is 13.8. The fourth-order valence-electron chi connectivity index (χ4n) is 3.72. The van der Waals surface area contributed by atoms with Crippen LogP contribution in [-0.4, -0.2) is 41.1 Å². The predicted octanol–water partition coefficient (Wildman–Crippen LogP) is 2.53. The van der Waals surface area contributed by atoms with Gasteiger partial charge < -0.3 is 10.1 Å². The van der Waals surface area contributed by atoms with Gasteiger partial charge in [-0.25, -0.2) is 17.5 Å².